The topological polar surface area (TPSA) is 46.5 Å². The minimum Gasteiger partial charge on any atom is -0.479 e. The maximum absolute atomic E-state index is 11.7. The van der Waals surface area contributed by atoms with E-state index in [0.29, 0.717) is 11.6 Å². The lowest BCUT2D eigenvalue weighted by atomic mass is 9.88. The van der Waals surface area contributed by atoms with Gasteiger partial charge in [-0.1, -0.05) is 74.9 Å². The molecule has 0 spiro atoms. The summed E-state index contributed by atoms with van der Waals surface area (Å²) in [4.78, 5) is 11.7. The Kier molecular flexibility index (Phi) is 7.73. The number of rotatable bonds is 10. The SMILES string of the molecule is CCCCCCCCOC1(C(=O)O)C=CC(c2cccc(Cl)c2)C=C1. The molecule has 0 bridgehead atoms. The molecular weight excluding hydrogens is 336 g/mol. The highest BCUT2D eigenvalue weighted by Gasteiger charge is 2.36. The Bertz CT molecular complexity index is 607. The minimum atomic E-state index is -1.35. The summed E-state index contributed by atoms with van der Waals surface area (Å²) in [5, 5.41) is 10.3. The highest BCUT2D eigenvalue weighted by Crippen LogP contribution is 2.30. The smallest absolute Gasteiger partial charge is 0.344 e. The highest BCUT2D eigenvalue weighted by molar-refractivity contribution is 6.30. The summed E-state index contributed by atoms with van der Waals surface area (Å²) >= 11 is 6.03. The molecule has 1 N–H and O–H groups in total. The van der Waals surface area contributed by atoms with Crippen LogP contribution in [-0.4, -0.2) is 23.3 Å². The Balaban J connectivity index is 1.90. The number of carboxylic acids is 1. The van der Waals surface area contributed by atoms with Gasteiger partial charge < -0.3 is 9.84 Å². The molecule has 4 heteroatoms. The quantitative estimate of drug-likeness (QED) is 0.425. The zero-order valence-corrected chi connectivity index (χ0v) is 15.5. The van der Waals surface area contributed by atoms with Gasteiger partial charge in [0.15, 0.2) is 0 Å². The third-order valence-corrected chi connectivity index (χ3v) is 4.74. The summed E-state index contributed by atoms with van der Waals surface area (Å²) in [6.07, 6.45) is 13.9. The molecule has 0 atom stereocenters. The number of aliphatic carboxylic acids is 1. The molecule has 1 aliphatic carbocycles. The van der Waals surface area contributed by atoms with Gasteiger partial charge in [0.2, 0.25) is 5.60 Å². The van der Waals surface area contributed by atoms with Crippen LogP contribution >= 0.6 is 11.6 Å². The molecule has 0 aromatic heterocycles. The highest BCUT2D eigenvalue weighted by atomic mass is 35.5. The van der Waals surface area contributed by atoms with Crippen molar-refractivity contribution >= 4 is 17.6 Å². The second-order valence-corrected chi connectivity index (χ2v) is 6.95. The van der Waals surface area contributed by atoms with E-state index in [9.17, 15) is 9.90 Å². The summed E-state index contributed by atoms with van der Waals surface area (Å²) in [6, 6.07) is 7.60. The van der Waals surface area contributed by atoms with Crippen molar-refractivity contribution in [3.63, 3.8) is 0 Å². The molecule has 0 amide bonds. The number of ether oxygens (including phenoxy) is 1. The lowest BCUT2D eigenvalue weighted by molar-refractivity contribution is -0.154. The largest absolute Gasteiger partial charge is 0.479 e. The first-order valence-electron chi connectivity index (χ1n) is 9.09. The molecule has 1 aromatic rings. The molecule has 0 saturated heterocycles. The Morgan fingerprint density at radius 2 is 1.84 bits per heavy atom. The van der Waals surface area contributed by atoms with Gasteiger partial charge in [-0.2, -0.15) is 0 Å². The monoisotopic (exact) mass is 362 g/mol. The first-order valence-corrected chi connectivity index (χ1v) is 9.47. The molecule has 0 heterocycles. The number of allylic oxidation sites excluding steroid dienone is 2. The van der Waals surface area contributed by atoms with Gasteiger partial charge in [-0.25, -0.2) is 4.79 Å². The zero-order valence-electron chi connectivity index (χ0n) is 14.8. The van der Waals surface area contributed by atoms with Crippen LogP contribution in [0.3, 0.4) is 0 Å². The van der Waals surface area contributed by atoms with Crippen molar-refractivity contribution in [2.45, 2.75) is 57.0 Å². The summed E-state index contributed by atoms with van der Waals surface area (Å²) in [5.41, 5.74) is -0.312. The van der Waals surface area contributed by atoms with Crippen molar-refractivity contribution in [2.24, 2.45) is 0 Å². The molecule has 3 nitrogen and oxygen atoms in total. The average Bonchev–Trinajstić information content (AvgIpc) is 2.61. The van der Waals surface area contributed by atoms with Crippen LogP contribution in [0.25, 0.3) is 0 Å². The van der Waals surface area contributed by atoms with Crippen molar-refractivity contribution in [1.82, 2.24) is 0 Å². The van der Waals surface area contributed by atoms with Crippen LogP contribution in [0.15, 0.2) is 48.6 Å². The Morgan fingerprint density at radius 3 is 2.48 bits per heavy atom. The summed E-state index contributed by atoms with van der Waals surface area (Å²) in [5.74, 6) is -0.959. The van der Waals surface area contributed by atoms with Gasteiger partial charge >= 0.3 is 5.97 Å². The molecule has 0 fully saturated rings. The van der Waals surface area contributed by atoms with Crippen LogP contribution in [0, 0.1) is 0 Å². The molecular formula is C21H27ClO3. The number of halogens is 1. The first-order chi connectivity index (χ1) is 12.1. The van der Waals surface area contributed by atoms with Crippen LogP contribution in [0.4, 0.5) is 0 Å². The Labute approximate surface area is 155 Å². The minimum absolute atomic E-state index is 0.0174. The number of unbranched alkanes of at least 4 members (excludes halogenated alkanes) is 5. The van der Waals surface area contributed by atoms with Crippen LogP contribution in [0.1, 0.15) is 56.9 Å². The standard InChI is InChI=1S/C21H27ClO3/c1-2-3-4-5-6-7-15-25-21(20(23)24)13-11-17(12-14-21)18-9-8-10-19(22)16-18/h8-14,16-17H,2-7,15H2,1H3,(H,23,24). The second-order valence-electron chi connectivity index (χ2n) is 6.51. The maximum Gasteiger partial charge on any atom is 0.344 e. The molecule has 0 radical (unpaired) electrons. The molecule has 2 rings (SSSR count). The van der Waals surface area contributed by atoms with Gasteiger partial charge in [0.05, 0.1) is 0 Å². The van der Waals surface area contributed by atoms with Crippen LogP contribution < -0.4 is 0 Å². The van der Waals surface area contributed by atoms with Gasteiger partial charge in [0.25, 0.3) is 0 Å². The second kappa shape index (κ2) is 9.79. The Hall–Kier alpha value is -1.58. The molecule has 1 aliphatic rings. The molecule has 0 saturated carbocycles. The number of carboxylic acid groups (broad SMARTS) is 1. The van der Waals surface area contributed by atoms with Crippen LogP contribution in [0.5, 0.6) is 0 Å². The zero-order chi connectivity index (χ0) is 18.1. The van der Waals surface area contributed by atoms with Gasteiger partial charge in [0, 0.05) is 17.5 Å². The van der Waals surface area contributed by atoms with Crippen molar-refractivity contribution < 1.29 is 14.6 Å². The van der Waals surface area contributed by atoms with Crippen molar-refractivity contribution in [3.05, 3.63) is 59.2 Å². The van der Waals surface area contributed by atoms with Crippen molar-refractivity contribution in [1.29, 1.82) is 0 Å². The lowest BCUT2D eigenvalue weighted by Gasteiger charge is -2.27. The van der Waals surface area contributed by atoms with Crippen LogP contribution in [-0.2, 0) is 9.53 Å². The number of carbonyl (C=O) groups is 1. The summed E-state index contributed by atoms with van der Waals surface area (Å²) in [6.45, 7) is 2.65. The fourth-order valence-electron chi connectivity index (χ4n) is 2.97. The van der Waals surface area contributed by atoms with E-state index in [1.807, 2.05) is 36.4 Å². The van der Waals surface area contributed by atoms with E-state index in [-0.39, 0.29) is 5.92 Å². The predicted octanol–water partition coefficient (Wildman–Crippen LogP) is 5.75. The summed E-state index contributed by atoms with van der Waals surface area (Å²) in [7, 11) is 0. The van der Waals surface area contributed by atoms with E-state index >= 15 is 0 Å². The summed E-state index contributed by atoms with van der Waals surface area (Å²) < 4.78 is 5.75. The predicted molar refractivity (Wildman–Crippen MR) is 102 cm³/mol. The number of hydrogen-bond donors (Lipinski definition) is 1. The number of hydrogen-bond acceptors (Lipinski definition) is 2. The average molecular weight is 363 g/mol. The lowest BCUT2D eigenvalue weighted by Crippen LogP contribution is -2.39. The van der Waals surface area contributed by atoms with Crippen molar-refractivity contribution in [3.8, 4) is 0 Å². The van der Waals surface area contributed by atoms with Gasteiger partial charge in [-0.05, 0) is 36.3 Å². The van der Waals surface area contributed by atoms with E-state index in [1.165, 1.54) is 25.7 Å². The van der Waals surface area contributed by atoms with Gasteiger partial charge in [0.1, 0.15) is 0 Å². The molecule has 1 aromatic carbocycles. The molecule has 25 heavy (non-hydrogen) atoms. The first kappa shape index (κ1) is 19.7. The Morgan fingerprint density at radius 1 is 1.16 bits per heavy atom. The molecule has 0 unspecified atom stereocenters. The van der Waals surface area contributed by atoms with Gasteiger partial charge in [-0.15, -0.1) is 0 Å². The number of benzene rings is 1. The molecule has 136 valence electrons. The van der Waals surface area contributed by atoms with E-state index in [2.05, 4.69) is 6.92 Å². The third kappa shape index (κ3) is 5.72. The fourth-order valence-corrected chi connectivity index (χ4v) is 3.17. The van der Waals surface area contributed by atoms with E-state index in [0.717, 1.165) is 18.4 Å². The van der Waals surface area contributed by atoms with Crippen molar-refractivity contribution in [2.75, 3.05) is 6.61 Å². The fraction of sp³-hybridized carbons (Fsp3) is 0.476. The van der Waals surface area contributed by atoms with E-state index in [4.69, 9.17) is 16.3 Å². The van der Waals surface area contributed by atoms with Gasteiger partial charge in [-0.3, -0.25) is 0 Å². The normalized spacial score (nSPS) is 22.2. The molecule has 0 aliphatic heterocycles. The third-order valence-electron chi connectivity index (χ3n) is 4.51. The van der Waals surface area contributed by atoms with E-state index < -0.39 is 11.6 Å². The maximum atomic E-state index is 11.7. The van der Waals surface area contributed by atoms with Crippen LogP contribution in [0.2, 0.25) is 5.02 Å². The van der Waals surface area contributed by atoms with E-state index in [1.54, 1.807) is 12.2 Å².